The van der Waals surface area contributed by atoms with Gasteiger partial charge < -0.3 is 4.74 Å². The van der Waals surface area contributed by atoms with Gasteiger partial charge in [0.15, 0.2) is 0 Å². The minimum absolute atomic E-state index is 0.612. The van der Waals surface area contributed by atoms with Crippen LogP contribution in [-0.4, -0.2) is 13.2 Å². The summed E-state index contributed by atoms with van der Waals surface area (Å²) in [4.78, 5) is 0. The molecule has 2 aromatic rings. The van der Waals surface area contributed by atoms with Gasteiger partial charge in [-0.15, -0.1) is 0 Å². The van der Waals surface area contributed by atoms with Gasteiger partial charge in [0.05, 0.1) is 13.2 Å². The van der Waals surface area contributed by atoms with E-state index in [-0.39, 0.29) is 0 Å². The predicted molar refractivity (Wildman–Crippen MR) is 57.5 cm³/mol. The zero-order valence-electron chi connectivity index (χ0n) is 7.94. The average Bonchev–Trinajstić information content (AvgIpc) is 2.16. The molecule has 0 atom stereocenters. The van der Waals surface area contributed by atoms with Crippen LogP contribution in [0.4, 0.5) is 0 Å². The molecular formula is C13H12O. The third-order valence-corrected chi connectivity index (χ3v) is 2.90. The van der Waals surface area contributed by atoms with E-state index in [0.717, 1.165) is 13.2 Å². The Morgan fingerprint density at radius 3 is 2.50 bits per heavy atom. The Kier molecular flexibility index (Phi) is 1.78. The largest absolute Gasteiger partial charge is 0.380 e. The fraction of sp³-hybridized carbons (Fsp3) is 0.231. The lowest BCUT2D eigenvalue weighted by molar-refractivity contribution is 0.00900. The first kappa shape index (κ1) is 8.01. The molecular weight excluding hydrogens is 172 g/mol. The van der Waals surface area contributed by atoms with Gasteiger partial charge >= 0.3 is 0 Å². The van der Waals surface area contributed by atoms with Crippen molar-refractivity contribution in [1.29, 1.82) is 0 Å². The fourth-order valence-electron chi connectivity index (χ4n) is 2.02. The smallest absolute Gasteiger partial charge is 0.0557 e. The van der Waals surface area contributed by atoms with Crippen LogP contribution in [0.1, 0.15) is 11.5 Å². The van der Waals surface area contributed by atoms with Crippen molar-refractivity contribution in [1.82, 2.24) is 0 Å². The molecule has 1 heterocycles. The summed E-state index contributed by atoms with van der Waals surface area (Å²) in [6, 6.07) is 15.1. The summed E-state index contributed by atoms with van der Waals surface area (Å²) in [5.74, 6) is 0.612. The van der Waals surface area contributed by atoms with Gasteiger partial charge in [-0.25, -0.2) is 0 Å². The Bertz CT molecular complexity index is 452. The molecule has 70 valence electrons. The van der Waals surface area contributed by atoms with E-state index in [4.69, 9.17) is 4.74 Å². The lowest BCUT2D eigenvalue weighted by Crippen LogP contribution is -2.25. The van der Waals surface area contributed by atoms with Crippen LogP contribution in [0.2, 0.25) is 0 Å². The molecule has 0 aromatic heterocycles. The van der Waals surface area contributed by atoms with Crippen LogP contribution < -0.4 is 0 Å². The molecule has 0 bridgehead atoms. The number of rotatable bonds is 1. The minimum atomic E-state index is 0.612. The molecule has 0 spiro atoms. The highest BCUT2D eigenvalue weighted by atomic mass is 16.5. The number of benzene rings is 2. The summed E-state index contributed by atoms with van der Waals surface area (Å²) in [7, 11) is 0. The second kappa shape index (κ2) is 3.10. The maximum Gasteiger partial charge on any atom is 0.0557 e. The average molecular weight is 184 g/mol. The third kappa shape index (κ3) is 1.13. The first-order valence-electron chi connectivity index (χ1n) is 5.00. The molecule has 3 rings (SSSR count). The van der Waals surface area contributed by atoms with Crippen LogP contribution in [0, 0.1) is 0 Å². The van der Waals surface area contributed by atoms with Crippen molar-refractivity contribution in [2.24, 2.45) is 0 Å². The number of ether oxygens (including phenoxy) is 1. The van der Waals surface area contributed by atoms with E-state index in [1.165, 1.54) is 16.3 Å². The molecule has 1 aliphatic heterocycles. The topological polar surface area (TPSA) is 9.23 Å². The molecule has 0 aliphatic carbocycles. The van der Waals surface area contributed by atoms with Crippen LogP contribution >= 0.6 is 0 Å². The molecule has 0 radical (unpaired) electrons. The summed E-state index contributed by atoms with van der Waals surface area (Å²) in [6.45, 7) is 1.77. The highest BCUT2D eigenvalue weighted by Gasteiger charge is 2.21. The Morgan fingerprint density at radius 2 is 1.71 bits per heavy atom. The van der Waals surface area contributed by atoms with E-state index in [9.17, 15) is 0 Å². The highest BCUT2D eigenvalue weighted by Crippen LogP contribution is 2.30. The van der Waals surface area contributed by atoms with E-state index in [1.54, 1.807) is 0 Å². The van der Waals surface area contributed by atoms with Gasteiger partial charge in [-0.3, -0.25) is 0 Å². The monoisotopic (exact) mass is 184 g/mol. The van der Waals surface area contributed by atoms with Crippen molar-refractivity contribution in [2.75, 3.05) is 13.2 Å². The molecule has 1 fully saturated rings. The molecule has 0 saturated carbocycles. The van der Waals surface area contributed by atoms with Gasteiger partial charge in [0.25, 0.3) is 0 Å². The molecule has 1 nitrogen and oxygen atoms in total. The van der Waals surface area contributed by atoms with Gasteiger partial charge in [-0.05, 0) is 16.3 Å². The zero-order chi connectivity index (χ0) is 9.38. The summed E-state index contributed by atoms with van der Waals surface area (Å²) in [6.07, 6.45) is 0. The second-order valence-electron chi connectivity index (χ2n) is 3.80. The van der Waals surface area contributed by atoms with Crippen molar-refractivity contribution in [3.8, 4) is 0 Å². The highest BCUT2D eigenvalue weighted by molar-refractivity contribution is 5.86. The minimum Gasteiger partial charge on any atom is -0.380 e. The summed E-state index contributed by atoms with van der Waals surface area (Å²) < 4.78 is 5.24. The fourth-order valence-corrected chi connectivity index (χ4v) is 2.02. The normalized spacial score (nSPS) is 16.9. The second-order valence-corrected chi connectivity index (χ2v) is 3.80. The SMILES string of the molecule is c1ccc2c(C3COC3)cccc2c1. The molecule has 0 N–H and O–H groups in total. The van der Waals surface area contributed by atoms with Gasteiger partial charge in [0.2, 0.25) is 0 Å². The van der Waals surface area contributed by atoms with Crippen LogP contribution in [0.25, 0.3) is 10.8 Å². The zero-order valence-corrected chi connectivity index (χ0v) is 7.94. The van der Waals surface area contributed by atoms with Crippen LogP contribution in [0.3, 0.4) is 0 Å². The van der Waals surface area contributed by atoms with Gasteiger partial charge in [-0.1, -0.05) is 42.5 Å². The molecule has 1 heteroatoms. The summed E-state index contributed by atoms with van der Waals surface area (Å²) in [5.41, 5.74) is 1.44. The van der Waals surface area contributed by atoms with E-state index in [0.29, 0.717) is 5.92 Å². The van der Waals surface area contributed by atoms with Crippen LogP contribution in [-0.2, 0) is 4.74 Å². The summed E-state index contributed by atoms with van der Waals surface area (Å²) >= 11 is 0. The Hall–Kier alpha value is -1.34. The Labute approximate surface area is 83.3 Å². The molecule has 0 amide bonds. The van der Waals surface area contributed by atoms with Gasteiger partial charge in [0.1, 0.15) is 0 Å². The first-order valence-corrected chi connectivity index (χ1v) is 5.00. The molecule has 1 saturated heterocycles. The van der Waals surface area contributed by atoms with Crippen LogP contribution in [0.5, 0.6) is 0 Å². The molecule has 1 aliphatic rings. The van der Waals surface area contributed by atoms with E-state index in [2.05, 4.69) is 42.5 Å². The maximum atomic E-state index is 5.24. The predicted octanol–water partition coefficient (Wildman–Crippen LogP) is 2.95. The summed E-state index contributed by atoms with van der Waals surface area (Å²) in [5, 5.41) is 2.71. The maximum absolute atomic E-state index is 5.24. The van der Waals surface area contributed by atoms with Crippen LogP contribution in [0.15, 0.2) is 42.5 Å². The Balaban J connectivity index is 2.22. The van der Waals surface area contributed by atoms with Crippen molar-refractivity contribution in [2.45, 2.75) is 5.92 Å². The van der Waals surface area contributed by atoms with E-state index < -0.39 is 0 Å². The van der Waals surface area contributed by atoms with Crippen molar-refractivity contribution < 1.29 is 4.74 Å². The molecule has 2 aromatic carbocycles. The molecule has 0 unspecified atom stereocenters. The van der Waals surface area contributed by atoms with Crippen molar-refractivity contribution >= 4 is 10.8 Å². The lowest BCUT2D eigenvalue weighted by Gasteiger charge is -2.27. The third-order valence-electron chi connectivity index (χ3n) is 2.90. The van der Waals surface area contributed by atoms with E-state index >= 15 is 0 Å². The van der Waals surface area contributed by atoms with Crippen molar-refractivity contribution in [3.63, 3.8) is 0 Å². The quantitative estimate of drug-likeness (QED) is 0.662. The number of hydrogen-bond acceptors (Lipinski definition) is 1. The standard InChI is InChI=1S/C13H12O/c1-2-6-12-10(4-1)5-3-7-13(12)11-8-14-9-11/h1-7,11H,8-9H2. The van der Waals surface area contributed by atoms with Gasteiger partial charge in [0, 0.05) is 5.92 Å². The van der Waals surface area contributed by atoms with E-state index in [1.807, 2.05) is 0 Å². The number of fused-ring (bicyclic) bond motifs is 1. The first-order chi connectivity index (χ1) is 6.95. The van der Waals surface area contributed by atoms with Crippen molar-refractivity contribution in [3.05, 3.63) is 48.0 Å². The number of hydrogen-bond donors (Lipinski definition) is 0. The Morgan fingerprint density at radius 1 is 0.929 bits per heavy atom. The van der Waals surface area contributed by atoms with Gasteiger partial charge in [-0.2, -0.15) is 0 Å². The lowest BCUT2D eigenvalue weighted by atomic mass is 9.92. The molecule has 14 heavy (non-hydrogen) atoms.